The summed E-state index contributed by atoms with van der Waals surface area (Å²) in [6, 6.07) is 12.3. The molecule has 0 spiro atoms. The van der Waals surface area contributed by atoms with E-state index in [0.29, 0.717) is 0 Å². The number of hydrogen-bond acceptors (Lipinski definition) is 4. The van der Waals surface area contributed by atoms with Crippen LogP contribution in [-0.2, 0) is 0 Å². The largest absolute Gasteiger partial charge is 0.488 e. The molecule has 0 amide bonds. The van der Waals surface area contributed by atoms with Gasteiger partial charge in [-0.15, -0.1) is 0 Å². The predicted octanol–water partition coefficient (Wildman–Crippen LogP) is 3.04. The van der Waals surface area contributed by atoms with Crippen LogP contribution in [0.4, 0.5) is 0 Å². The smallest absolute Gasteiger partial charge is 0.145 e. The molecule has 108 valence electrons. The Labute approximate surface area is 124 Å². The fourth-order valence-electron chi connectivity index (χ4n) is 3.09. The molecule has 2 unspecified atom stereocenters. The number of hydrogen-bond donors (Lipinski definition) is 1. The average molecular weight is 281 g/mol. The topological polar surface area (TPSA) is 57.9 Å². The molecular weight excluding hydrogens is 262 g/mol. The SMILES string of the molecule is CCNC1(C#N)CCC(Oc2cccc3cccnc23)C1. The Morgan fingerprint density at radius 3 is 3.10 bits per heavy atom. The average Bonchev–Trinajstić information content (AvgIpc) is 2.92. The zero-order valence-electron chi connectivity index (χ0n) is 12.2. The molecule has 1 fully saturated rings. The lowest BCUT2D eigenvalue weighted by atomic mass is 10.00. The van der Waals surface area contributed by atoms with Crippen molar-refractivity contribution >= 4 is 10.9 Å². The first-order valence-electron chi connectivity index (χ1n) is 7.43. The molecule has 1 N–H and O–H groups in total. The summed E-state index contributed by atoms with van der Waals surface area (Å²) in [5.41, 5.74) is 0.454. The van der Waals surface area contributed by atoms with Crippen LogP contribution < -0.4 is 10.1 Å². The molecular formula is C17H19N3O. The monoisotopic (exact) mass is 281 g/mol. The van der Waals surface area contributed by atoms with E-state index in [2.05, 4.69) is 16.4 Å². The number of pyridine rings is 1. The van der Waals surface area contributed by atoms with Crippen molar-refractivity contribution in [1.82, 2.24) is 10.3 Å². The summed E-state index contributed by atoms with van der Waals surface area (Å²) < 4.78 is 6.14. The van der Waals surface area contributed by atoms with Gasteiger partial charge in [-0.3, -0.25) is 10.3 Å². The van der Waals surface area contributed by atoms with Gasteiger partial charge in [0.1, 0.15) is 22.9 Å². The molecule has 0 saturated heterocycles. The maximum Gasteiger partial charge on any atom is 0.145 e. The summed E-state index contributed by atoms with van der Waals surface area (Å²) >= 11 is 0. The second-order valence-corrected chi connectivity index (χ2v) is 5.54. The van der Waals surface area contributed by atoms with Gasteiger partial charge in [-0.25, -0.2) is 0 Å². The second kappa shape index (κ2) is 5.71. The van der Waals surface area contributed by atoms with Crippen LogP contribution in [0.5, 0.6) is 5.75 Å². The fraction of sp³-hybridized carbons (Fsp3) is 0.412. The summed E-state index contributed by atoms with van der Waals surface area (Å²) in [7, 11) is 0. The maximum atomic E-state index is 9.42. The highest BCUT2D eigenvalue weighted by molar-refractivity contribution is 5.84. The first kappa shape index (κ1) is 13.8. The highest BCUT2D eigenvalue weighted by Gasteiger charge is 2.40. The number of para-hydroxylation sites is 1. The Balaban J connectivity index is 1.80. The summed E-state index contributed by atoms with van der Waals surface area (Å²) in [5.74, 6) is 0.809. The summed E-state index contributed by atoms with van der Waals surface area (Å²) in [6.07, 6.45) is 4.29. The molecule has 1 aromatic carbocycles. The molecule has 4 heteroatoms. The van der Waals surface area contributed by atoms with Crippen molar-refractivity contribution in [2.45, 2.75) is 37.8 Å². The summed E-state index contributed by atoms with van der Waals surface area (Å²) in [6.45, 7) is 2.83. The third kappa shape index (κ3) is 2.70. The van der Waals surface area contributed by atoms with Gasteiger partial charge in [0, 0.05) is 18.0 Å². The van der Waals surface area contributed by atoms with E-state index in [9.17, 15) is 5.26 Å². The Bertz CT molecular complexity index is 674. The van der Waals surface area contributed by atoms with Crippen LogP contribution in [0.25, 0.3) is 10.9 Å². The number of benzene rings is 1. The molecule has 21 heavy (non-hydrogen) atoms. The highest BCUT2D eigenvalue weighted by Crippen LogP contribution is 2.34. The predicted molar refractivity (Wildman–Crippen MR) is 82.0 cm³/mol. The number of fused-ring (bicyclic) bond motifs is 1. The van der Waals surface area contributed by atoms with Crippen LogP contribution in [0.15, 0.2) is 36.5 Å². The molecule has 3 rings (SSSR count). The van der Waals surface area contributed by atoms with E-state index >= 15 is 0 Å². The number of nitrogens with zero attached hydrogens (tertiary/aromatic N) is 2. The van der Waals surface area contributed by atoms with Crippen LogP contribution in [-0.4, -0.2) is 23.2 Å². The molecule has 2 aromatic rings. The van der Waals surface area contributed by atoms with Crippen LogP contribution in [0.2, 0.25) is 0 Å². The third-order valence-electron chi connectivity index (χ3n) is 4.09. The third-order valence-corrected chi connectivity index (χ3v) is 4.09. The van der Waals surface area contributed by atoms with Gasteiger partial charge >= 0.3 is 0 Å². The zero-order valence-corrected chi connectivity index (χ0v) is 12.2. The Morgan fingerprint density at radius 1 is 1.43 bits per heavy atom. The van der Waals surface area contributed by atoms with E-state index in [4.69, 9.17) is 4.74 Å². The molecule has 1 aliphatic carbocycles. The number of ether oxygens (including phenoxy) is 1. The molecule has 1 saturated carbocycles. The van der Waals surface area contributed by atoms with Crippen molar-refractivity contribution < 1.29 is 4.74 Å². The Kier molecular flexibility index (Phi) is 3.76. The van der Waals surface area contributed by atoms with Gasteiger partial charge in [-0.2, -0.15) is 5.26 Å². The molecule has 2 atom stereocenters. The van der Waals surface area contributed by atoms with Gasteiger partial charge in [-0.05, 0) is 31.5 Å². The van der Waals surface area contributed by atoms with E-state index < -0.39 is 5.54 Å². The first-order valence-corrected chi connectivity index (χ1v) is 7.43. The minimum absolute atomic E-state index is 0.0660. The minimum Gasteiger partial charge on any atom is -0.488 e. The quantitative estimate of drug-likeness (QED) is 0.935. The molecule has 1 aliphatic rings. The lowest BCUT2D eigenvalue weighted by Gasteiger charge is -2.22. The van der Waals surface area contributed by atoms with Crippen LogP contribution >= 0.6 is 0 Å². The van der Waals surface area contributed by atoms with Crippen molar-refractivity contribution in [2.75, 3.05) is 6.54 Å². The number of nitriles is 1. The Morgan fingerprint density at radius 2 is 2.29 bits per heavy atom. The maximum absolute atomic E-state index is 9.42. The lowest BCUT2D eigenvalue weighted by molar-refractivity contribution is 0.203. The van der Waals surface area contributed by atoms with E-state index in [0.717, 1.165) is 42.5 Å². The standard InChI is InChI=1S/C17H19N3O/c1-2-20-17(12-18)9-8-14(11-17)21-15-7-3-5-13-6-4-10-19-16(13)15/h3-7,10,14,20H,2,8-9,11H2,1H3. The number of rotatable bonds is 4. The number of aromatic nitrogens is 1. The van der Waals surface area contributed by atoms with Crippen molar-refractivity contribution in [3.05, 3.63) is 36.5 Å². The Hall–Kier alpha value is -2.12. The van der Waals surface area contributed by atoms with Gasteiger partial charge in [0.15, 0.2) is 0 Å². The van der Waals surface area contributed by atoms with Gasteiger partial charge in [0.05, 0.1) is 6.07 Å². The van der Waals surface area contributed by atoms with Crippen LogP contribution in [0, 0.1) is 11.3 Å². The molecule has 0 aliphatic heterocycles. The van der Waals surface area contributed by atoms with Gasteiger partial charge in [0.2, 0.25) is 0 Å². The second-order valence-electron chi connectivity index (χ2n) is 5.54. The van der Waals surface area contributed by atoms with Crippen molar-refractivity contribution in [3.8, 4) is 11.8 Å². The van der Waals surface area contributed by atoms with Gasteiger partial charge in [-0.1, -0.05) is 25.1 Å². The van der Waals surface area contributed by atoms with Gasteiger partial charge < -0.3 is 4.74 Å². The molecule has 0 radical (unpaired) electrons. The van der Waals surface area contributed by atoms with Crippen molar-refractivity contribution in [3.63, 3.8) is 0 Å². The molecule has 1 heterocycles. The summed E-state index contributed by atoms with van der Waals surface area (Å²) in [4.78, 5) is 4.41. The van der Waals surface area contributed by atoms with Crippen molar-refractivity contribution in [1.29, 1.82) is 5.26 Å². The van der Waals surface area contributed by atoms with E-state index in [1.165, 1.54) is 0 Å². The van der Waals surface area contributed by atoms with E-state index in [1.54, 1.807) is 6.20 Å². The molecule has 1 aromatic heterocycles. The van der Waals surface area contributed by atoms with Crippen molar-refractivity contribution in [2.24, 2.45) is 0 Å². The fourth-order valence-corrected chi connectivity index (χ4v) is 3.09. The normalized spacial score (nSPS) is 24.9. The first-order chi connectivity index (χ1) is 10.3. The molecule has 0 bridgehead atoms. The summed E-state index contributed by atoms with van der Waals surface area (Å²) in [5, 5.41) is 13.8. The van der Waals surface area contributed by atoms with E-state index in [-0.39, 0.29) is 6.10 Å². The molecule has 4 nitrogen and oxygen atoms in total. The van der Waals surface area contributed by atoms with E-state index in [1.807, 2.05) is 37.3 Å². The highest BCUT2D eigenvalue weighted by atomic mass is 16.5. The van der Waals surface area contributed by atoms with Gasteiger partial charge in [0.25, 0.3) is 0 Å². The lowest BCUT2D eigenvalue weighted by Crippen LogP contribution is -2.42. The van der Waals surface area contributed by atoms with Crippen LogP contribution in [0.1, 0.15) is 26.2 Å². The number of nitrogens with one attached hydrogen (secondary N) is 1. The zero-order chi connectivity index (χ0) is 14.7. The minimum atomic E-state index is -0.433. The van der Waals surface area contributed by atoms with Crippen LogP contribution in [0.3, 0.4) is 0 Å².